The molecule has 1 aromatic rings. The van der Waals surface area contributed by atoms with Crippen LogP contribution in [0.2, 0.25) is 0 Å². The summed E-state index contributed by atoms with van der Waals surface area (Å²) < 4.78 is 24.8. The highest BCUT2D eigenvalue weighted by atomic mass is 32.2. The Morgan fingerprint density at radius 3 is 2.00 bits per heavy atom. The first kappa shape index (κ1) is 17.5. The van der Waals surface area contributed by atoms with E-state index in [1.54, 1.807) is 12.1 Å². The largest absolute Gasteiger partial charge is 0.349 e. The number of rotatable bonds is 4. The highest BCUT2D eigenvalue weighted by Crippen LogP contribution is 2.14. The highest BCUT2D eigenvalue weighted by molar-refractivity contribution is 7.91. The average molecular weight is 311 g/mol. The minimum absolute atomic E-state index is 0.00123. The first-order valence-corrected chi connectivity index (χ1v) is 8.50. The Balaban J connectivity index is 2.93. The van der Waals surface area contributed by atoms with Crippen molar-refractivity contribution in [1.29, 1.82) is 0 Å². The molecule has 0 spiro atoms. The normalized spacial score (nSPS) is 12.7. The molecular formula is C15H25N3O2S. The van der Waals surface area contributed by atoms with E-state index in [2.05, 4.69) is 4.99 Å². The Kier molecular flexibility index (Phi) is 5.78. The highest BCUT2D eigenvalue weighted by Gasteiger charge is 2.19. The number of hydrogen-bond donors (Lipinski definition) is 0. The average Bonchev–Trinajstić information content (AvgIpc) is 2.35. The summed E-state index contributed by atoms with van der Waals surface area (Å²) in [6.45, 7) is 3.75. The van der Waals surface area contributed by atoms with Gasteiger partial charge in [0.05, 0.1) is 16.7 Å². The standard InChI is InChI=1S/C15H25N3O2S/c1-12-7-9-14(10-8-12)21(19,20)11-13(2)16-15(17(3)4)18(5)6/h7-10,13H,11H2,1-6H3. The van der Waals surface area contributed by atoms with Crippen LogP contribution in [0.5, 0.6) is 0 Å². The lowest BCUT2D eigenvalue weighted by Gasteiger charge is -2.24. The lowest BCUT2D eigenvalue weighted by atomic mass is 10.2. The first-order chi connectivity index (χ1) is 9.63. The molecule has 1 unspecified atom stereocenters. The van der Waals surface area contributed by atoms with Gasteiger partial charge in [-0.1, -0.05) is 17.7 Å². The van der Waals surface area contributed by atoms with E-state index in [0.717, 1.165) is 11.5 Å². The summed E-state index contributed by atoms with van der Waals surface area (Å²) in [4.78, 5) is 8.59. The zero-order chi connectivity index (χ0) is 16.2. The maximum Gasteiger partial charge on any atom is 0.195 e. The van der Waals surface area contributed by atoms with E-state index in [1.165, 1.54) is 0 Å². The molecule has 1 aromatic carbocycles. The van der Waals surface area contributed by atoms with Crippen molar-refractivity contribution in [3.05, 3.63) is 29.8 Å². The number of guanidine groups is 1. The molecule has 1 atom stereocenters. The fourth-order valence-electron chi connectivity index (χ4n) is 2.02. The van der Waals surface area contributed by atoms with Gasteiger partial charge in [-0.15, -0.1) is 0 Å². The maximum absolute atomic E-state index is 12.4. The number of sulfone groups is 1. The van der Waals surface area contributed by atoms with Crippen LogP contribution in [-0.2, 0) is 9.84 Å². The van der Waals surface area contributed by atoms with Crippen LogP contribution < -0.4 is 0 Å². The maximum atomic E-state index is 12.4. The van der Waals surface area contributed by atoms with E-state index < -0.39 is 9.84 Å². The lowest BCUT2D eigenvalue weighted by Crippen LogP contribution is -2.37. The summed E-state index contributed by atoms with van der Waals surface area (Å²) in [5, 5.41) is 0. The molecule has 1 rings (SSSR count). The monoisotopic (exact) mass is 311 g/mol. The van der Waals surface area contributed by atoms with Crippen molar-refractivity contribution in [2.24, 2.45) is 4.99 Å². The SMILES string of the molecule is Cc1ccc(S(=O)(=O)CC(C)N=C(N(C)C)N(C)C)cc1. The quantitative estimate of drug-likeness (QED) is 0.626. The van der Waals surface area contributed by atoms with Gasteiger partial charge < -0.3 is 9.80 Å². The van der Waals surface area contributed by atoms with Crippen LogP contribution in [0, 0.1) is 6.92 Å². The molecular weight excluding hydrogens is 286 g/mol. The Morgan fingerprint density at radius 2 is 1.57 bits per heavy atom. The minimum atomic E-state index is -3.32. The molecule has 0 aliphatic carbocycles. The Labute approximate surface area is 128 Å². The van der Waals surface area contributed by atoms with Crippen molar-refractivity contribution in [3.8, 4) is 0 Å². The molecule has 0 bridgehead atoms. The van der Waals surface area contributed by atoms with E-state index in [0.29, 0.717) is 4.90 Å². The minimum Gasteiger partial charge on any atom is -0.349 e. The topological polar surface area (TPSA) is 53.0 Å². The molecule has 21 heavy (non-hydrogen) atoms. The molecule has 0 aromatic heterocycles. The van der Waals surface area contributed by atoms with Gasteiger partial charge >= 0.3 is 0 Å². The molecule has 0 amide bonds. The third-order valence-corrected chi connectivity index (χ3v) is 4.89. The predicted octanol–water partition coefficient (Wildman–Crippen LogP) is 1.64. The summed E-state index contributed by atoms with van der Waals surface area (Å²) in [6.07, 6.45) is 0. The van der Waals surface area contributed by atoms with E-state index in [4.69, 9.17) is 0 Å². The van der Waals surface area contributed by atoms with Crippen molar-refractivity contribution < 1.29 is 8.42 Å². The molecule has 0 saturated carbocycles. The fraction of sp³-hybridized carbons (Fsp3) is 0.533. The zero-order valence-corrected chi connectivity index (χ0v) is 14.5. The van der Waals surface area contributed by atoms with E-state index in [-0.39, 0.29) is 11.8 Å². The van der Waals surface area contributed by atoms with Gasteiger partial charge in [0, 0.05) is 28.2 Å². The van der Waals surface area contributed by atoms with Crippen LogP contribution in [0.1, 0.15) is 12.5 Å². The third kappa shape index (κ3) is 5.04. The van der Waals surface area contributed by atoms with Crippen LogP contribution in [0.25, 0.3) is 0 Å². The van der Waals surface area contributed by atoms with Gasteiger partial charge in [-0.05, 0) is 26.0 Å². The zero-order valence-electron chi connectivity index (χ0n) is 13.7. The Morgan fingerprint density at radius 1 is 1.10 bits per heavy atom. The first-order valence-electron chi connectivity index (χ1n) is 6.85. The second-order valence-corrected chi connectivity index (χ2v) is 7.70. The molecule has 0 saturated heterocycles. The number of hydrogen-bond acceptors (Lipinski definition) is 3. The van der Waals surface area contributed by atoms with Crippen molar-refractivity contribution in [2.75, 3.05) is 33.9 Å². The molecule has 0 aliphatic heterocycles. The number of nitrogens with zero attached hydrogens (tertiary/aromatic N) is 3. The summed E-state index contributed by atoms with van der Waals surface area (Å²) in [7, 11) is 4.24. The molecule has 6 heteroatoms. The third-order valence-electron chi connectivity index (χ3n) is 2.98. The van der Waals surface area contributed by atoms with Crippen molar-refractivity contribution >= 4 is 15.8 Å². The Hall–Kier alpha value is -1.56. The lowest BCUT2D eigenvalue weighted by molar-refractivity contribution is 0.475. The molecule has 0 radical (unpaired) electrons. The molecule has 0 N–H and O–H groups in total. The van der Waals surface area contributed by atoms with Gasteiger partial charge in [0.1, 0.15) is 0 Å². The molecule has 0 heterocycles. The molecule has 0 fully saturated rings. The van der Waals surface area contributed by atoms with Gasteiger partial charge in [-0.25, -0.2) is 13.4 Å². The van der Waals surface area contributed by atoms with Crippen molar-refractivity contribution in [1.82, 2.24) is 9.80 Å². The molecule has 118 valence electrons. The summed E-state index contributed by atoms with van der Waals surface area (Å²) in [6, 6.07) is 6.62. The number of aryl methyl sites for hydroxylation is 1. The Bertz CT molecular complexity index is 580. The summed E-state index contributed by atoms with van der Waals surface area (Å²) in [5.74, 6) is 0.753. The van der Waals surface area contributed by atoms with Gasteiger partial charge in [0.15, 0.2) is 15.8 Å². The second kappa shape index (κ2) is 6.93. The van der Waals surface area contributed by atoms with Gasteiger partial charge in [0.2, 0.25) is 0 Å². The van der Waals surface area contributed by atoms with Gasteiger partial charge in [0.25, 0.3) is 0 Å². The van der Waals surface area contributed by atoms with Crippen molar-refractivity contribution in [3.63, 3.8) is 0 Å². The number of aliphatic imine (C=N–C) groups is 1. The molecule has 0 aliphatic rings. The van der Waals surface area contributed by atoms with Crippen molar-refractivity contribution in [2.45, 2.75) is 24.8 Å². The van der Waals surface area contributed by atoms with Crippen LogP contribution in [0.4, 0.5) is 0 Å². The number of benzene rings is 1. The van der Waals surface area contributed by atoms with Crippen LogP contribution in [-0.4, -0.2) is 64.2 Å². The predicted molar refractivity (Wildman–Crippen MR) is 87.5 cm³/mol. The van der Waals surface area contributed by atoms with E-state index in [1.807, 2.05) is 64.0 Å². The van der Waals surface area contributed by atoms with Gasteiger partial charge in [-0.2, -0.15) is 0 Å². The van der Waals surface area contributed by atoms with Gasteiger partial charge in [-0.3, -0.25) is 0 Å². The smallest absolute Gasteiger partial charge is 0.195 e. The van der Waals surface area contributed by atoms with E-state index in [9.17, 15) is 8.42 Å². The van der Waals surface area contributed by atoms with Crippen LogP contribution >= 0.6 is 0 Å². The summed E-state index contributed by atoms with van der Waals surface area (Å²) in [5.41, 5.74) is 1.04. The fourth-order valence-corrected chi connectivity index (χ4v) is 3.48. The van der Waals surface area contributed by atoms with Crippen LogP contribution in [0.15, 0.2) is 34.2 Å². The molecule has 5 nitrogen and oxygen atoms in total. The summed E-state index contributed by atoms with van der Waals surface area (Å²) >= 11 is 0. The van der Waals surface area contributed by atoms with Crippen LogP contribution in [0.3, 0.4) is 0 Å². The second-order valence-electron chi connectivity index (χ2n) is 5.66. The van der Waals surface area contributed by atoms with E-state index >= 15 is 0 Å².